The van der Waals surface area contributed by atoms with Crippen LogP contribution >= 0.6 is 0 Å². The molecule has 0 unspecified atom stereocenters. The predicted molar refractivity (Wildman–Crippen MR) is 94.7 cm³/mol. The number of benzene rings is 2. The Morgan fingerprint density at radius 3 is 1.84 bits per heavy atom. The number of carbonyl (C=O) groups excluding carboxylic acids is 1. The van der Waals surface area contributed by atoms with Gasteiger partial charge in [0, 0.05) is 13.1 Å². The minimum atomic E-state index is -0.970. The summed E-state index contributed by atoms with van der Waals surface area (Å²) in [5, 5.41) is 14.4. The smallest absolute Gasteiger partial charge is 0.335 e. The van der Waals surface area contributed by atoms with E-state index in [4.69, 9.17) is 9.84 Å². The molecule has 6 nitrogen and oxygen atoms in total. The van der Waals surface area contributed by atoms with Gasteiger partial charge in [-0.15, -0.1) is 0 Å². The van der Waals surface area contributed by atoms with E-state index in [1.54, 1.807) is 12.1 Å². The average Bonchev–Trinajstić information content (AvgIpc) is 2.59. The van der Waals surface area contributed by atoms with Gasteiger partial charge < -0.3 is 20.5 Å². The molecule has 0 aliphatic carbocycles. The largest absolute Gasteiger partial charge is 0.491 e. The summed E-state index contributed by atoms with van der Waals surface area (Å²) in [5.74, 6) is -0.171. The lowest BCUT2D eigenvalue weighted by Crippen LogP contribution is -2.34. The Hall–Kier alpha value is -3.02. The van der Waals surface area contributed by atoms with Crippen LogP contribution in [0.15, 0.2) is 48.5 Å². The van der Waals surface area contributed by atoms with Crippen LogP contribution in [0.4, 0.5) is 4.79 Å². The molecule has 0 radical (unpaired) electrons. The lowest BCUT2D eigenvalue weighted by Gasteiger charge is -2.11. The first-order chi connectivity index (χ1) is 11.9. The van der Waals surface area contributed by atoms with Crippen LogP contribution in [-0.4, -0.2) is 23.2 Å². The number of rotatable bonds is 7. The highest BCUT2D eigenvalue weighted by Gasteiger charge is 2.04. The van der Waals surface area contributed by atoms with Crippen molar-refractivity contribution in [3.63, 3.8) is 0 Å². The lowest BCUT2D eigenvalue weighted by molar-refractivity contribution is 0.0697. The maximum atomic E-state index is 11.8. The van der Waals surface area contributed by atoms with Crippen LogP contribution < -0.4 is 15.4 Å². The van der Waals surface area contributed by atoms with E-state index in [9.17, 15) is 9.59 Å². The van der Waals surface area contributed by atoms with Crippen molar-refractivity contribution in [2.24, 2.45) is 0 Å². The number of hydrogen-bond donors (Lipinski definition) is 3. The third-order valence-corrected chi connectivity index (χ3v) is 3.40. The van der Waals surface area contributed by atoms with Gasteiger partial charge >= 0.3 is 12.0 Å². The summed E-state index contributed by atoms with van der Waals surface area (Å²) in [4.78, 5) is 22.6. The molecule has 2 aromatic carbocycles. The minimum absolute atomic E-state index is 0.124. The quantitative estimate of drug-likeness (QED) is 0.721. The molecule has 0 aromatic heterocycles. The zero-order chi connectivity index (χ0) is 18.2. The minimum Gasteiger partial charge on any atom is -0.491 e. The maximum Gasteiger partial charge on any atom is 0.335 e. The molecule has 3 N–H and O–H groups in total. The number of carbonyl (C=O) groups is 2. The van der Waals surface area contributed by atoms with Crippen molar-refractivity contribution in [1.82, 2.24) is 10.6 Å². The lowest BCUT2D eigenvalue weighted by atomic mass is 10.1. The Morgan fingerprint density at radius 1 is 0.920 bits per heavy atom. The van der Waals surface area contributed by atoms with E-state index < -0.39 is 5.97 Å². The molecule has 0 spiro atoms. The van der Waals surface area contributed by atoms with Gasteiger partial charge in [0.05, 0.1) is 11.7 Å². The summed E-state index contributed by atoms with van der Waals surface area (Å²) in [7, 11) is 0. The molecule has 0 saturated carbocycles. The predicted octanol–water partition coefficient (Wildman–Crippen LogP) is 3.17. The standard InChI is InChI=1S/C19H22N2O4/c1-13(2)25-17-9-5-15(6-10-17)12-21-19(24)20-11-14-3-7-16(8-4-14)18(22)23/h3-10,13H,11-12H2,1-2H3,(H,22,23)(H2,20,21,24). The van der Waals surface area contributed by atoms with Crippen LogP contribution in [0.3, 0.4) is 0 Å². The van der Waals surface area contributed by atoms with Gasteiger partial charge in [0.1, 0.15) is 5.75 Å². The van der Waals surface area contributed by atoms with E-state index in [-0.39, 0.29) is 17.7 Å². The second-order valence-electron chi connectivity index (χ2n) is 5.85. The number of aromatic carboxylic acids is 1. The zero-order valence-electron chi connectivity index (χ0n) is 14.3. The van der Waals surface area contributed by atoms with Crippen molar-refractivity contribution in [3.05, 3.63) is 65.2 Å². The molecular weight excluding hydrogens is 320 g/mol. The number of nitrogens with one attached hydrogen (secondary N) is 2. The molecule has 2 aromatic rings. The Bertz CT molecular complexity index is 709. The number of ether oxygens (including phenoxy) is 1. The van der Waals surface area contributed by atoms with Crippen LogP contribution in [0, 0.1) is 0 Å². The molecule has 132 valence electrons. The van der Waals surface area contributed by atoms with Crippen LogP contribution in [0.1, 0.15) is 35.3 Å². The summed E-state index contributed by atoms with van der Waals surface area (Å²) in [6.45, 7) is 4.67. The number of amides is 2. The summed E-state index contributed by atoms with van der Waals surface area (Å²) < 4.78 is 5.57. The number of urea groups is 1. The van der Waals surface area contributed by atoms with Crippen molar-refractivity contribution < 1.29 is 19.4 Å². The van der Waals surface area contributed by atoms with E-state index in [0.717, 1.165) is 16.9 Å². The van der Waals surface area contributed by atoms with Gasteiger partial charge in [-0.05, 0) is 49.2 Å². The van der Waals surface area contributed by atoms with Gasteiger partial charge in [0.15, 0.2) is 0 Å². The normalized spacial score (nSPS) is 10.4. The second kappa shape index (κ2) is 8.73. The van der Waals surface area contributed by atoms with Crippen molar-refractivity contribution in [3.8, 4) is 5.75 Å². The zero-order valence-corrected chi connectivity index (χ0v) is 14.3. The number of carboxylic acid groups (broad SMARTS) is 1. The summed E-state index contributed by atoms with van der Waals surface area (Å²) >= 11 is 0. The van der Waals surface area contributed by atoms with Crippen molar-refractivity contribution in [2.45, 2.75) is 33.0 Å². The van der Waals surface area contributed by atoms with E-state index in [1.807, 2.05) is 38.1 Å². The first-order valence-corrected chi connectivity index (χ1v) is 8.03. The number of hydrogen-bond acceptors (Lipinski definition) is 3. The van der Waals surface area contributed by atoms with Gasteiger partial charge in [0.25, 0.3) is 0 Å². The SMILES string of the molecule is CC(C)Oc1ccc(CNC(=O)NCc2ccc(C(=O)O)cc2)cc1. The molecule has 0 fully saturated rings. The maximum absolute atomic E-state index is 11.8. The third-order valence-electron chi connectivity index (χ3n) is 3.40. The fourth-order valence-corrected chi connectivity index (χ4v) is 2.15. The molecule has 0 atom stereocenters. The molecule has 2 amide bonds. The molecule has 0 aliphatic heterocycles. The van der Waals surface area contributed by atoms with Crippen LogP contribution in [0.5, 0.6) is 5.75 Å². The van der Waals surface area contributed by atoms with Gasteiger partial charge in [-0.25, -0.2) is 9.59 Å². The first kappa shape index (κ1) is 18.3. The van der Waals surface area contributed by atoms with E-state index in [2.05, 4.69) is 10.6 Å². The fraction of sp³-hybridized carbons (Fsp3) is 0.263. The molecule has 0 heterocycles. The molecule has 0 saturated heterocycles. The van der Waals surface area contributed by atoms with Crippen molar-refractivity contribution >= 4 is 12.0 Å². The van der Waals surface area contributed by atoms with Gasteiger partial charge in [-0.1, -0.05) is 24.3 Å². The highest BCUT2D eigenvalue weighted by Crippen LogP contribution is 2.13. The van der Waals surface area contributed by atoms with Crippen LogP contribution in [0.25, 0.3) is 0 Å². The van der Waals surface area contributed by atoms with Crippen molar-refractivity contribution in [2.75, 3.05) is 0 Å². The summed E-state index contributed by atoms with van der Waals surface area (Å²) in [6.07, 6.45) is 0.124. The Kier molecular flexibility index (Phi) is 6.39. The third kappa shape index (κ3) is 6.18. The molecule has 2 rings (SSSR count). The van der Waals surface area contributed by atoms with E-state index in [1.165, 1.54) is 12.1 Å². The fourth-order valence-electron chi connectivity index (χ4n) is 2.15. The number of carboxylic acids is 1. The molecule has 25 heavy (non-hydrogen) atoms. The Labute approximate surface area is 146 Å². The second-order valence-corrected chi connectivity index (χ2v) is 5.85. The topological polar surface area (TPSA) is 87.7 Å². The highest BCUT2D eigenvalue weighted by atomic mass is 16.5. The molecule has 0 aliphatic rings. The van der Waals surface area contributed by atoms with Crippen LogP contribution in [0.2, 0.25) is 0 Å². The first-order valence-electron chi connectivity index (χ1n) is 8.03. The van der Waals surface area contributed by atoms with Gasteiger partial charge in [-0.2, -0.15) is 0 Å². The summed E-state index contributed by atoms with van der Waals surface area (Å²) in [6, 6.07) is 13.7. The highest BCUT2D eigenvalue weighted by molar-refractivity contribution is 5.87. The van der Waals surface area contributed by atoms with Gasteiger partial charge in [0.2, 0.25) is 0 Å². The molecular formula is C19H22N2O4. The van der Waals surface area contributed by atoms with E-state index >= 15 is 0 Å². The molecule has 6 heteroatoms. The average molecular weight is 342 g/mol. The van der Waals surface area contributed by atoms with Gasteiger partial charge in [-0.3, -0.25) is 0 Å². The van der Waals surface area contributed by atoms with Crippen molar-refractivity contribution in [1.29, 1.82) is 0 Å². The van der Waals surface area contributed by atoms with E-state index in [0.29, 0.717) is 13.1 Å². The van der Waals surface area contributed by atoms with Crippen LogP contribution in [-0.2, 0) is 13.1 Å². The molecule has 0 bridgehead atoms. The Morgan fingerprint density at radius 2 is 1.40 bits per heavy atom. The Balaban J connectivity index is 1.75. The summed E-state index contributed by atoms with van der Waals surface area (Å²) in [5.41, 5.74) is 2.02. The monoisotopic (exact) mass is 342 g/mol.